The van der Waals surface area contributed by atoms with Crippen molar-refractivity contribution in [2.45, 2.75) is 6.43 Å². The van der Waals surface area contributed by atoms with Gasteiger partial charge in [0, 0.05) is 0 Å². The van der Waals surface area contributed by atoms with E-state index in [4.69, 9.17) is 0 Å². The van der Waals surface area contributed by atoms with Crippen LogP contribution < -0.4 is 0 Å². The van der Waals surface area contributed by atoms with E-state index >= 15 is 0 Å². The summed E-state index contributed by atoms with van der Waals surface area (Å²) in [7, 11) is 1.05. The summed E-state index contributed by atoms with van der Waals surface area (Å²) in [6.07, 6.45) is -2.33. The van der Waals surface area contributed by atoms with Gasteiger partial charge in [0.05, 0.1) is 11.6 Å². The van der Waals surface area contributed by atoms with Crippen molar-refractivity contribution in [1.29, 1.82) is 0 Å². The molecule has 0 aliphatic rings. The van der Waals surface area contributed by atoms with Gasteiger partial charge in [0.1, 0.15) is 11.1 Å². The van der Waals surface area contributed by atoms with Gasteiger partial charge < -0.3 is 14.9 Å². The van der Waals surface area contributed by atoms with E-state index in [0.717, 1.165) is 13.3 Å². The number of halogens is 3. The molecular formula is C8H5BrF2N2O4. The van der Waals surface area contributed by atoms with Crippen molar-refractivity contribution in [3.8, 4) is 0 Å². The summed E-state index contributed by atoms with van der Waals surface area (Å²) in [5.41, 5.74) is -1.24. The van der Waals surface area contributed by atoms with E-state index in [0.29, 0.717) is 0 Å². The highest BCUT2D eigenvalue weighted by molar-refractivity contribution is 9.10. The van der Waals surface area contributed by atoms with Crippen LogP contribution in [0.4, 0.5) is 14.6 Å². The summed E-state index contributed by atoms with van der Waals surface area (Å²) < 4.78 is 29.3. The molecule has 0 saturated carbocycles. The van der Waals surface area contributed by atoms with Crippen LogP contribution in [0.25, 0.3) is 0 Å². The molecule has 0 N–H and O–H groups in total. The number of carbonyl (C=O) groups is 1. The van der Waals surface area contributed by atoms with E-state index in [1.165, 1.54) is 0 Å². The Morgan fingerprint density at radius 1 is 1.65 bits per heavy atom. The summed E-state index contributed by atoms with van der Waals surface area (Å²) in [6.45, 7) is 0. The Morgan fingerprint density at radius 2 is 2.24 bits per heavy atom. The smallest absolute Gasteiger partial charge is 0.373 e. The Labute approximate surface area is 102 Å². The first-order chi connectivity index (χ1) is 7.90. The van der Waals surface area contributed by atoms with Crippen LogP contribution in [0.5, 0.6) is 0 Å². The van der Waals surface area contributed by atoms with Gasteiger partial charge in [0.2, 0.25) is 0 Å². The Balaban J connectivity index is 3.49. The summed E-state index contributed by atoms with van der Waals surface area (Å²) in [6, 6.07) is 0. The predicted molar refractivity (Wildman–Crippen MR) is 54.9 cm³/mol. The van der Waals surface area contributed by atoms with Gasteiger partial charge >= 0.3 is 11.8 Å². The van der Waals surface area contributed by atoms with Gasteiger partial charge in [-0.3, -0.25) is 0 Å². The van der Waals surface area contributed by atoms with Gasteiger partial charge in [-0.25, -0.2) is 13.6 Å². The molecule has 0 atom stereocenters. The maximum Gasteiger partial charge on any atom is 0.373 e. The molecule has 0 amide bonds. The number of pyridine rings is 1. The minimum absolute atomic E-state index is 0.298. The molecule has 1 rings (SSSR count). The van der Waals surface area contributed by atoms with Crippen LogP contribution in [-0.2, 0) is 4.74 Å². The molecule has 0 fully saturated rings. The van der Waals surface area contributed by atoms with Gasteiger partial charge in [-0.15, -0.1) is 0 Å². The third kappa shape index (κ3) is 2.54. The van der Waals surface area contributed by atoms with Crippen LogP contribution in [0.15, 0.2) is 10.7 Å². The number of carbonyl (C=O) groups excluding carboxylic acids is 1. The van der Waals surface area contributed by atoms with Crippen molar-refractivity contribution in [2.75, 3.05) is 7.11 Å². The number of nitrogens with zero attached hydrogens (tertiary/aromatic N) is 2. The first-order valence-electron chi connectivity index (χ1n) is 4.09. The SMILES string of the molecule is COC(=O)c1cnc([N+](=O)[O-])c(C(F)F)c1Br. The van der Waals surface area contributed by atoms with E-state index in [-0.39, 0.29) is 10.0 Å². The first kappa shape index (κ1) is 13.4. The predicted octanol–water partition coefficient (Wildman–Crippen LogP) is 2.48. The number of ether oxygens (including phenoxy) is 1. The number of rotatable bonds is 3. The van der Waals surface area contributed by atoms with Crippen LogP contribution in [0, 0.1) is 10.1 Å². The first-order valence-corrected chi connectivity index (χ1v) is 4.88. The summed E-state index contributed by atoms with van der Waals surface area (Å²) in [4.78, 5) is 23.9. The lowest BCUT2D eigenvalue weighted by Gasteiger charge is -2.06. The van der Waals surface area contributed by atoms with E-state index in [2.05, 4.69) is 25.7 Å². The highest BCUT2D eigenvalue weighted by Gasteiger charge is 2.30. The molecule has 0 radical (unpaired) electrons. The Hall–Kier alpha value is -1.64. The molecule has 9 heteroatoms. The molecule has 1 heterocycles. The second-order valence-corrected chi connectivity index (χ2v) is 3.57. The number of nitro groups is 1. The summed E-state index contributed by atoms with van der Waals surface area (Å²) in [5.74, 6) is -1.92. The molecule has 0 bridgehead atoms. The van der Waals surface area contributed by atoms with Gasteiger partial charge in [-0.1, -0.05) is 0 Å². The lowest BCUT2D eigenvalue weighted by atomic mass is 10.2. The molecule has 0 unspecified atom stereocenters. The molecular weight excluding hydrogens is 306 g/mol. The van der Waals surface area contributed by atoms with Gasteiger partial charge in [-0.05, 0) is 25.8 Å². The van der Waals surface area contributed by atoms with Crippen molar-refractivity contribution < 1.29 is 23.2 Å². The molecule has 1 aromatic rings. The number of methoxy groups -OCH3 is 1. The van der Waals surface area contributed by atoms with Crippen LogP contribution in [0.1, 0.15) is 22.3 Å². The number of hydrogen-bond donors (Lipinski definition) is 0. The minimum atomic E-state index is -3.14. The Kier molecular flexibility index (Phi) is 4.05. The number of hydrogen-bond acceptors (Lipinski definition) is 5. The Morgan fingerprint density at radius 3 is 2.65 bits per heavy atom. The summed E-state index contributed by atoms with van der Waals surface area (Å²) in [5, 5.41) is 10.5. The number of esters is 1. The average Bonchev–Trinajstić information content (AvgIpc) is 2.26. The van der Waals surface area contributed by atoms with Gasteiger partial charge in [-0.2, -0.15) is 0 Å². The van der Waals surface area contributed by atoms with Crippen LogP contribution in [0.3, 0.4) is 0 Å². The quantitative estimate of drug-likeness (QED) is 0.486. The normalized spacial score (nSPS) is 10.4. The second kappa shape index (κ2) is 5.13. The molecule has 0 saturated heterocycles. The zero-order valence-corrected chi connectivity index (χ0v) is 9.90. The van der Waals surface area contributed by atoms with Gasteiger partial charge in [0.25, 0.3) is 6.43 Å². The van der Waals surface area contributed by atoms with E-state index in [1.54, 1.807) is 0 Å². The van der Waals surface area contributed by atoms with Crippen molar-refractivity contribution in [3.05, 3.63) is 31.9 Å². The third-order valence-corrected chi connectivity index (χ3v) is 2.68. The second-order valence-electron chi connectivity index (χ2n) is 2.77. The molecule has 92 valence electrons. The zero-order valence-electron chi connectivity index (χ0n) is 8.32. The molecule has 6 nitrogen and oxygen atoms in total. The van der Waals surface area contributed by atoms with Crippen LogP contribution in [-0.4, -0.2) is 23.0 Å². The highest BCUT2D eigenvalue weighted by atomic mass is 79.9. The van der Waals surface area contributed by atoms with Crippen LogP contribution in [0.2, 0.25) is 0 Å². The lowest BCUT2D eigenvalue weighted by Crippen LogP contribution is -2.08. The maximum absolute atomic E-state index is 12.7. The van der Waals surface area contributed by atoms with E-state index < -0.39 is 28.7 Å². The molecule has 0 aliphatic heterocycles. The largest absolute Gasteiger partial charge is 0.465 e. The van der Waals surface area contributed by atoms with Crippen molar-refractivity contribution in [1.82, 2.24) is 4.98 Å². The lowest BCUT2D eigenvalue weighted by molar-refractivity contribution is -0.391. The molecule has 0 spiro atoms. The van der Waals surface area contributed by atoms with Gasteiger partial charge in [0.15, 0.2) is 6.20 Å². The van der Waals surface area contributed by atoms with E-state index in [1.807, 2.05) is 0 Å². The number of alkyl halides is 2. The minimum Gasteiger partial charge on any atom is -0.465 e. The highest BCUT2D eigenvalue weighted by Crippen LogP contribution is 2.35. The topological polar surface area (TPSA) is 82.3 Å². The average molecular weight is 311 g/mol. The summed E-state index contributed by atoms with van der Waals surface area (Å²) >= 11 is 2.72. The van der Waals surface area contributed by atoms with Crippen LogP contribution >= 0.6 is 15.9 Å². The monoisotopic (exact) mass is 310 g/mol. The third-order valence-electron chi connectivity index (χ3n) is 1.83. The fraction of sp³-hybridized carbons (Fsp3) is 0.250. The van der Waals surface area contributed by atoms with Crippen molar-refractivity contribution in [3.63, 3.8) is 0 Å². The molecule has 0 aromatic carbocycles. The molecule has 1 aromatic heterocycles. The van der Waals surface area contributed by atoms with E-state index in [9.17, 15) is 23.7 Å². The fourth-order valence-corrected chi connectivity index (χ4v) is 1.70. The standard InChI is InChI=1S/C8H5BrF2N2O4/c1-17-8(14)3-2-12-7(13(15)16)4(5(3)9)6(10)11/h2,6H,1H3. The van der Waals surface area contributed by atoms with Crippen molar-refractivity contribution >= 4 is 27.7 Å². The zero-order chi connectivity index (χ0) is 13.2. The molecule has 0 aliphatic carbocycles. The fourth-order valence-electron chi connectivity index (χ4n) is 1.09. The molecule has 17 heavy (non-hydrogen) atoms. The number of aromatic nitrogens is 1. The maximum atomic E-state index is 12.7. The van der Waals surface area contributed by atoms with Crippen molar-refractivity contribution in [2.24, 2.45) is 0 Å². The Bertz CT molecular complexity index is 481.